The van der Waals surface area contributed by atoms with Gasteiger partial charge in [-0.05, 0) is 18.1 Å². The highest BCUT2D eigenvalue weighted by atomic mass is 32.2. The molecule has 0 bridgehead atoms. The smallest absolute Gasteiger partial charge is 0.274 e. The molecule has 1 amide bonds. The lowest BCUT2D eigenvalue weighted by Crippen LogP contribution is -2.30. The van der Waals surface area contributed by atoms with Gasteiger partial charge in [0, 0.05) is 24.4 Å². The molecule has 0 radical (unpaired) electrons. The van der Waals surface area contributed by atoms with Gasteiger partial charge in [0.15, 0.2) is 5.04 Å². The van der Waals surface area contributed by atoms with Gasteiger partial charge in [-0.3, -0.25) is 19.9 Å². The van der Waals surface area contributed by atoms with Crippen LogP contribution < -0.4 is 16.0 Å². The number of thioether (sulfide) groups is 1. The number of amides is 1. The first-order chi connectivity index (χ1) is 11.6. The van der Waals surface area contributed by atoms with Crippen molar-refractivity contribution in [3.8, 4) is 0 Å². The molecule has 0 saturated carbocycles. The second kappa shape index (κ2) is 6.71. The predicted octanol–water partition coefficient (Wildman–Crippen LogP) is 0.962. The molecule has 24 heavy (non-hydrogen) atoms. The number of non-ortho nitro benzene ring substituents is 1. The van der Waals surface area contributed by atoms with Crippen LogP contribution in [0.2, 0.25) is 0 Å². The molecule has 124 valence electrons. The van der Waals surface area contributed by atoms with E-state index in [1.165, 1.54) is 17.8 Å². The first-order valence-electron chi connectivity index (χ1n) is 7.07. The van der Waals surface area contributed by atoms with Crippen molar-refractivity contribution >= 4 is 39.6 Å². The number of benzene rings is 1. The van der Waals surface area contributed by atoms with Crippen molar-refractivity contribution in [2.75, 3.05) is 18.1 Å². The molecule has 1 aromatic rings. The minimum absolute atomic E-state index is 0.0713. The monoisotopic (exact) mass is 346 g/mol. The Balaban J connectivity index is 1.93. The maximum absolute atomic E-state index is 11.3. The molecule has 3 rings (SSSR count). The molecule has 0 aliphatic carbocycles. The zero-order valence-corrected chi connectivity index (χ0v) is 13.3. The van der Waals surface area contributed by atoms with E-state index in [1.807, 2.05) is 4.90 Å². The maximum atomic E-state index is 11.3. The van der Waals surface area contributed by atoms with E-state index in [0.29, 0.717) is 25.5 Å². The molecule has 2 aliphatic heterocycles. The quantitative estimate of drug-likeness (QED) is 0.620. The normalized spacial score (nSPS) is 22.6. The first kappa shape index (κ1) is 16.0. The van der Waals surface area contributed by atoms with Crippen molar-refractivity contribution in [3.63, 3.8) is 0 Å². The third-order valence-electron chi connectivity index (χ3n) is 3.57. The third-order valence-corrected chi connectivity index (χ3v) is 4.35. The summed E-state index contributed by atoms with van der Waals surface area (Å²) in [7, 11) is 0. The maximum Gasteiger partial charge on any atom is 0.274 e. The molecule has 0 unspecified atom stereocenters. The average Bonchev–Trinajstić information content (AvgIpc) is 3.01. The Morgan fingerprint density at radius 3 is 3.04 bits per heavy atom. The molecule has 3 N–H and O–H groups in total. The number of aliphatic imine (C=N–C) groups is 2. The number of primary amides is 1. The van der Waals surface area contributed by atoms with Gasteiger partial charge in [0.2, 0.25) is 0 Å². The molecule has 0 spiro atoms. The second-order valence-corrected chi connectivity index (χ2v) is 5.86. The zero-order chi connectivity index (χ0) is 17.1. The number of carbonyl (C=O) groups is 1. The summed E-state index contributed by atoms with van der Waals surface area (Å²) in [6.45, 7) is 0.965. The fourth-order valence-corrected chi connectivity index (χ4v) is 2.96. The molecule has 0 atom stereocenters. The summed E-state index contributed by atoms with van der Waals surface area (Å²) in [4.78, 5) is 32.0. The van der Waals surface area contributed by atoms with E-state index in [0.717, 1.165) is 23.0 Å². The summed E-state index contributed by atoms with van der Waals surface area (Å²) in [5.74, 6) is 0.0300. The van der Waals surface area contributed by atoms with E-state index >= 15 is 0 Å². The highest BCUT2D eigenvalue weighted by Crippen LogP contribution is 2.33. The molecular formula is C14H14N6O3S. The third kappa shape index (κ3) is 3.23. The summed E-state index contributed by atoms with van der Waals surface area (Å²) >= 11 is 1.06. The van der Waals surface area contributed by atoms with Crippen molar-refractivity contribution in [3.05, 3.63) is 45.9 Å². The molecule has 2 aliphatic rings. The lowest BCUT2D eigenvalue weighted by atomic mass is 10.1. The number of nitro groups is 1. The van der Waals surface area contributed by atoms with Crippen LogP contribution in [0.25, 0.3) is 0 Å². The van der Waals surface area contributed by atoms with Crippen LogP contribution in [0.4, 0.5) is 11.4 Å². The molecule has 0 aromatic heterocycles. The van der Waals surface area contributed by atoms with Crippen molar-refractivity contribution in [1.82, 2.24) is 5.32 Å². The van der Waals surface area contributed by atoms with Crippen molar-refractivity contribution < 1.29 is 9.72 Å². The zero-order valence-electron chi connectivity index (χ0n) is 12.5. The number of carbonyl (C=O) groups excluding carboxylic acids is 1. The van der Waals surface area contributed by atoms with Gasteiger partial charge in [0.25, 0.3) is 11.6 Å². The van der Waals surface area contributed by atoms with Gasteiger partial charge < -0.3 is 16.0 Å². The fraction of sp³-hybridized carbons (Fsp3) is 0.214. The van der Waals surface area contributed by atoms with Gasteiger partial charge >= 0.3 is 0 Å². The highest BCUT2D eigenvalue weighted by molar-refractivity contribution is 8.26. The average molecular weight is 346 g/mol. The number of nitrogens with two attached hydrogens (primary N) is 1. The van der Waals surface area contributed by atoms with Gasteiger partial charge in [0.1, 0.15) is 12.5 Å². The Labute approximate surface area is 141 Å². The van der Waals surface area contributed by atoms with Crippen molar-refractivity contribution in [2.45, 2.75) is 6.42 Å². The number of nitrogens with one attached hydrogen (secondary N) is 1. The topological polar surface area (TPSA) is 126 Å². The van der Waals surface area contributed by atoms with Crippen LogP contribution in [0.3, 0.4) is 0 Å². The van der Waals surface area contributed by atoms with E-state index in [2.05, 4.69) is 15.3 Å². The van der Waals surface area contributed by atoms with Crippen molar-refractivity contribution in [2.24, 2.45) is 15.7 Å². The Bertz CT molecular complexity index is 789. The Morgan fingerprint density at radius 1 is 1.46 bits per heavy atom. The predicted molar refractivity (Wildman–Crippen MR) is 92.9 cm³/mol. The number of nitrogens with zero attached hydrogens (tertiary/aromatic N) is 4. The van der Waals surface area contributed by atoms with Gasteiger partial charge in [0.05, 0.1) is 16.7 Å². The molecule has 1 aromatic carbocycles. The lowest BCUT2D eigenvalue weighted by Gasteiger charge is -2.22. The van der Waals surface area contributed by atoms with Gasteiger partial charge in [-0.1, -0.05) is 11.8 Å². The Kier molecular flexibility index (Phi) is 4.47. The molecular weight excluding hydrogens is 332 g/mol. The van der Waals surface area contributed by atoms with Crippen LogP contribution in [-0.2, 0) is 11.2 Å². The van der Waals surface area contributed by atoms with E-state index in [-0.39, 0.29) is 10.7 Å². The van der Waals surface area contributed by atoms with Crippen LogP contribution in [-0.4, -0.2) is 34.6 Å². The molecule has 0 saturated heterocycles. The number of hydrogen-bond acceptors (Lipinski definition) is 8. The number of nitro benzene ring substituents is 1. The number of rotatable bonds is 3. The van der Waals surface area contributed by atoms with E-state index in [1.54, 1.807) is 12.1 Å². The minimum Gasteiger partial charge on any atom is -0.364 e. The number of fused-ring (bicyclic) bond motifs is 1. The lowest BCUT2D eigenvalue weighted by molar-refractivity contribution is -0.384. The van der Waals surface area contributed by atoms with Gasteiger partial charge in [-0.15, -0.1) is 0 Å². The van der Waals surface area contributed by atoms with E-state index in [9.17, 15) is 14.9 Å². The van der Waals surface area contributed by atoms with Crippen LogP contribution >= 0.6 is 11.8 Å². The van der Waals surface area contributed by atoms with Gasteiger partial charge in [-0.2, -0.15) is 0 Å². The molecule has 9 nitrogen and oxygen atoms in total. The van der Waals surface area contributed by atoms with Crippen molar-refractivity contribution in [1.29, 1.82) is 0 Å². The van der Waals surface area contributed by atoms with E-state index < -0.39 is 10.8 Å². The number of anilines is 1. The molecule has 0 fully saturated rings. The largest absolute Gasteiger partial charge is 0.364 e. The molecule has 2 heterocycles. The standard InChI is InChI=1S/C14H14N6O3S/c15-13(21)14-17-6-12(18-7-16-8-24-14)19-4-3-9-5-10(20(22)23)1-2-11(9)19/h1-2,5-6,8,18H,3-4,7H2,(H2,15,21)/b12-6-,16-8+,17-14-. The summed E-state index contributed by atoms with van der Waals surface area (Å²) in [6, 6.07) is 4.77. The van der Waals surface area contributed by atoms with Crippen LogP contribution in [0.15, 0.2) is 40.2 Å². The summed E-state index contributed by atoms with van der Waals surface area (Å²) < 4.78 is 0. The first-order valence-corrected chi connectivity index (χ1v) is 7.95. The Morgan fingerprint density at radius 2 is 2.29 bits per heavy atom. The highest BCUT2D eigenvalue weighted by Gasteiger charge is 2.24. The van der Waals surface area contributed by atoms with Gasteiger partial charge in [-0.25, -0.2) is 4.99 Å². The second-order valence-electron chi connectivity index (χ2n) is 5.03. The Hall–Kier alpha value is -2.88. The van der Waals surface area contributed by atoms with Crippen LogP contribution in [0, 0.1) is 10.1 Å². The number of hydrogen-bond donors (Lipinski definition) is 2. The van der Waals surface area contributed by atoms with E-state index in [4.69, 9.17) is 5.73 Å². The SMILES string of the molecule is NC(=O)/C1=N/C=C(\N2CCc3cc([N+](=O)[O-])ccc32)NC/N=C/S1. The van der Waals surface area contributed by atoms with Crippen LogP contribution in [0.5, 0.6) is 0 Å². The summed E-state index contributed by atoms with van der Waals surface area (Å²) in [6.07, 6.45) is 2.21. The minimum atomic E-state index is -0.624. The summed E-state index contributed by atoms with van der Waals surface area (Å²) in [5, 5.41) is 14.2. The summed E-state index contributed by atoms with van der Waals surface area (Å²) in [5.41, 5.74) is 8.62. The van der Waals surface area contributed by atoms with Crippen LogP contribution in [0.1, 0.15) is 5.56 Å². The molecule has 10 heteroatoms. The fourth-order valence-electron chi connectivity index (χ4n) is 2.49.